The second kappa shape index (κ2) is 6.50. The van der Waals surface area contributed by atoms with Gasteiger partial charge in [0.1, 0.15) is 0 Å². The third-order valence-electron chi connectivity index (χ3n) is 3.17. The largest absolute Gasteiger partial charge is 0.332 e. The van der Waals surface area contributed by atoms with Gasteiger partial charge in [0.25, 0.3) is 0 Å². The Morgan fingerprint density at radius 1 is 1.05 bits per heavy atom. The molecular weight excluding hydrogens is 280 g/mol. The molecule has 0 spiro atoms. The number of Topliss-reactive ketones (excluding diaryl/α,β-unsaturated/α-hetero) is 1. The Labute approximate surface area is 130 Å². The maximum Gasteiger partial charge on any atom is 0.175 e. The summed E-state index contributed by atoms with van der Waals surface area (Å²) >= 11 is 5.32. The normalized spacial score (nSPS) is 10.0. The predicted octanol–water partition coefficient (Wildman–Crippen LogP) is 4.31. The van der Waals surface area contributed by atoms with Crippen LogP contribution in [0.25, 0.3) is 0 Å². The van der Waals surface area contributed by atoms with Crippen LogP contribution >= 0.6 is 12.2 Å². The molecule has 0 saturated carbocycles. The van der Waals surface area contributed by atoms with E-state index < -0.39 is 0 Å². The Morgan fingerprint density at radius 2 is 1.81 bits per heavy atom. The molecule has 0 aliphatic heterocycles. The van der Waals surface area contributed by atoms with E-state index in [2.05, 4.69) is 28.8 Å². The molecule has 0 aliphatic rings. The molecule has 21 heavy (non-hydrogen) atoms. The second-order valence-electron chi connectivity index (χ2n) is 5.03. The summed E-state index contributed by atoms with van der Waals surface area (Å²) < 4.78 is 0. The highest BCUT2D eigenvalue weighted by atomic mass is 32.1. The molecule has 0 bridgehead atoms. The predicted molar refractivity (Wildman–Crippen MR) is 92.2 cm³/mol. The topological polar surface area (TPSA) is 41.1 Å². The smallest absolute Gasteiger partial charge is 0.175 e. The highest BCUT2D eigenvalue weighted by Crippen LogP contribution is 2.17. The van der Waals surface area contributed by atoms with Crippen LogP contribution in [0.1, 0.15) is 28.4 Å². The van der Waals surface area contributed by atoms with E-state index in [1.165, 1.54) is 5.56 Å². The van der Waals surface area contributed by atoms with E-state index in [-0.39, 0.29) is 5.78 Å². The van der Waals surface area contributed by atoms with Crippen molar-refractivity contribution < 1.29 is 4.79 Å². The number of ketones is 1. The monoisotopic (exact) mass is 298 g/mol. The minimum absolute atomic E-state index is 0.0343. The number of thiocarbonyl (C=S) groups is 1. The summed E-state index contributed by atoms with van der Waals surface area (Å²) in [6.45, 7) is 5.62. The first-order valence-corrected chi connectivity index (χ1v) is 7.13. The summed E-state index contributed by atoms with van der Waals surface area (Å²) in [7, 11) is 0. The maximum absolute atomic E-state index is 11.4. The molecule has 0 aliphatic carbocycles. The lowest BCUT2D eigenvalue weighted by Gasteiger charge is -2.13. The lowest BCUT2D eigenvalue weighted by Crippen LogP contribution is -2.19. The average Bonchev–Trinajstić information content (AvgIpc) is 2.43. The van der Waals surface area contributed by atoms with Gasteiger partial charge in [-0.3, -0.25) is 4.79 Å². The van der Waals surface area contributed by atoms with Crippen LogP contribution in [0, 0.1) is 13.8 Å². The molecule has 3 nitrogen and oxygen atoms in total. The molecule has 0 radical (unpaired) electrons. The van der Waals surface area contributed by atoms with Crippen LogP contribution in [0.5, 0.6) is 0 Å². The number of hydrogen-bond donors (Lipinski definition) is 2. The summed E-state index contributed by atoms with van der Waals surface area (Å²) in [5.74, 6) is 0.0343. The van der Waals surface area contributed by atoms with Gasteiger partial charge in [0.2, 0.25) is 0 Å². The molecule has 0 amide bonds. The molecule has 4 heteroatoms. The fourth-order valence-electron chi connectivity index (χ4n) is 1.97. The molecule has 0 unspecified atom stereocenters. The summed E-state index contributed by atoms with van der Waals surface area (Å²) in [6.07, 6.45) is 0. The van der Waals surface area contributed by atoms with Gasteiger partial charge in [-0.2, -0.15) is 0 Å². The lowest BCUT2D eigenvalue weighted by molar-refractivity contribution is 0.101. The van der Waals surface area contributed by atoms with Crippen LogP contribution in [0.2, 0.25) is 0 Å². The second-order valence-corrected chi connectivity index (χ2v) is 5.44. The highest BCUT2D eigenvalue weighted by Gasteiger charge is 2.04. The van der Waals surface area contributed by atoms with E-state index in [9.17, 15) is 4.79 Å². The van der Waals surface area contributed by atoms with Crippen molar-refractivity contribution in [1.29, 1.82) is 0 Å². The van der Waals surface area contributed by atoms with E-state index in [0.29, 0.717) is 10.7 Å². The maximum atomic E-state index is 11.4. The quantitative estimate of drug-likeness (QED) is 0.654. The summed E-state index contributed by atoms with van der Waals surface area (Å²) in [5.41, 5.74) is 4.74. The van der Waals surface area contributed by atoms with E-state index in [4.69, 9.17) is 12.2 Å². The Bertz CT molecular complexity index is 695. The SMILES string of the molecule is CC(=O)c1cccc(NC(=S)Nc2cc(C)ccc2C)c1. The van der Waals surface area contributed by atoms with E-state index >= 15 is 0 Å². The van der Waals surface area contributed by atoms with Crippen LogP contribution in [-0.4, -0.2) is 10.9 Å². The van der Waals surface area contributed by atoms with Gasteiger partial charge >= 0.3 is 0 Å². The number of nitrogens with one attached hydrogen (secondary N) is 2. The summed E-state index contributed by atoms with van der Waals surface area (Å²) in [5, 5.41) is 6.79. The van der Waals surface area contributed by atoms with Crippen molar-refractivity contribution in [1.82, 2.24) is 0 Å². The average molecular weight is 298 g/mol. The highest BCUT2D eigenvalue weighted by molar-refractivity contribution is 7.80. The van der Waals surface area contributed by atoms with Crippen LogP contribution in [0.15, 0.2) is 42.5 Å². The molecule has 2 N–H and O–H groups in total. The number of anilines is 2. The van der Waals surface area contributed by atoms with E-state index in [1.54, 1.807) is 19.1 Å². The molecular formula is C17H18N2OS. The van der Waals surface area contributed by atoms with Crippen molar-refractivity contribution in [3.8, 4) is 0 Å². The van der Waals surface area contributed by atoms with Gasteiger partial charge in [-0.1, -0.05) is 24.3 Å². The minimum Gasteiger partial charge on any atom is -0.332 e. The number of carbonyl (C=O) groups is 1. The standard InChI is InChI=1S/C17H18N2OS/c1-11-7-8-12(2)16(9-11)19-17(21)18-15-6-4-5-14(10-15)13(3)20/h4-10H,1-3H3,(H2,18,19,21). The molecule has 2 rings (SSSR count). The van der Waals surface area contributed by atoms with E-state index in [1.807, 2.05) is 26.0 Å². The van der Waals surface area contributed by atoms with Crippen molar-refractivity contribution in [3.05, 3.63) is 59.2 Å². The van der Waals surface area contributed by atoms with Gasteiger partial charge in [0.15, 0.2) is 10.9 Å². The van der Waals surface area contributed by atoms with Crippen molar-refractivity contribution in [2.24, 2.45) is 0 Å². The molecule has 2 aromatic carbocycles. The zero-order chi connectivity index (χ0) is 15.4. The molecule has 0 atom stereocenters. The number of aryl methyl sites for hydroxylation is 2. The molecule has 0 fully saturated rings. The molecule has 2 aromatic rings. The Morgan fingerprint density at radius 3 is 2.52 bits per heavy atom. The lowest BCUT2D eigenvalue weighted by atomic mass is 10.1. The Hall–Kier alpha value is -2.20. The zero-order valence-corrected chi connectivity index (χ0v) is 13.2. The van der Waals surface area contributed by atoms with Crippen molar-refractivity contribution in [3.63, 3.8) is 0 Å². The Balaban J connectivity index is 2.10. The molecule has 0 saturated heterocycles. The van der Waals surface area contributed by atoms with Gasteiger partial charge in [-0.25, -0.2) is 0 Å². The first-order chi connectivity index (χ1) is 9.95. The third kappa shape index (κ3) is 4.13. The van der Waals surface area contributed by atoms with Crippen LogP contribution in [0.3, 0.4) is 0 Å². The van der Waals surface area contributed by atoms with Gasteiger partial charge in [-0.05, 0) is 62.3 Å². The third-order valence-corrected chi connectivity index (χ3v) is 3.37. The number of hydrogen-bond acceptors (Lipinski definition) is 2. The van der Waals surface area contributed by atoms with Crippen LogP contribution < -0.4 is 10.6 Å². The summed E-state index contributed by atoms with van der Waals surface area (Å²) in [4.78, 5) is 11.4. The number of rotatable bonds is 3. The van der Waals surface area contributed by atoms with Crippen molar-refractivity contribution in [2.45, 2.75) is 20.8 Å². The summed E-state index contributed by atoms with van der Waals surface area (Å²) in [6, 6.07) is 13.5. The van der Waals surface area contributed by atoms with Gasteiger partial charge < -0.3 is 10.6 Å². The van der Waals surface area contributed by atoms with Gasteiger partial charge in [-0.15, -0.1) is 0 Å². The molecule has 108 valence electrons. The van der Waals surface area contributed by atoms with E-state index in [0.717, 1.165) is 16.9 Å². The first kappa shape index (κ1) is 15.2. The molecule has 0 heterocycles. The Kier molecular flexibility index (Phi) is 4.70. The van der Waals surface area contributed by atoms with Crippen LogP contribution in [0.4, 0.5) is 11.4 Å². The zero-order valence-electron chi connectivity index (χ0n) is 12.4. The van der Waals surface area contributed by atoms with Crippen molar-refractivity contribution in [2.75, 3.05) is 10.6 Å². The number of carbonyl (C=O) groups excluding carboxylic acids is 1. The fourth-order valence-corrected chi connectivity index (χ4v) is 2.20. The first-order valence-electron chi connectivity index (χ1n) is 6.72. The number of benzene rings is 2. The van der Waals surface area contributed by atoms with Crippen LogP contribution in [-0.2, 0) is 0 Å². The van der Waals surface area contributed by atoms with Gasteiger partial charge in [0.05, 0.1) is 0 Å². The minimum atomic E-state index is 0.0343. The van der Waals surface area contributed by atoms with Gasteiger partial charge in [0, 0.05) is 16.9 Å². The molecule has 0 aromatic heterocycles. The van der Waals surface area contributed by atoms with Crippen molar-refractivity contribution >= 4 is 34.5 Å². The fraction of sp³-hybridized carbons (Fsp3) is 0.176.